The molecule has 0 heterocycles. The van der Waals surface area contributed by atoms with Gasteiger partial charge in [0.05, 0.1) is 0 Å². The number of halogens is 1. The lowest BCUT2D eigenvalue weighted by Crippen LogP contribution is -2.21. The number of aliphatic hydroxyl groups is 1. The summed E-state index contributed by atoms with van der Waals surface area (Å²) in [4.78, 5) is 0. The maximum atomic E-state index is 8.83. The Bertz CT molecular complexity index is 291. The van der Waals surface area contributed by atoms with E-state index in [1.165, 1.54) is 5.56 Å². The van der Waals surface area contributed by atoms with Crippen LogP contribution in [0, 0.1) is 0 Å². The molecule has 0 amide bonds. The molecule has 84 valence electrons. The molecule has 2 nitrogen and oxygen atoms in total. The molecule has 0 fully saturated rings. The molecule has 3 heteroatoms. The van der Waals surface area contributed by atoms with Gasteiger partial charge in [-0.3, -0.25) is 0 Å². The van der Waals surface area contributed by atoms with Crippen molar-refractivity contribution < 1.29 is 5.11 Å². The minimum atomic E-state index is 0.239. The highest BCUT2D eigenvalue weighted by atomic mass is 35.5. The second-order valence-corrected chi connectivity index (χ2v) is 3.97. The molecule has 1 aromatic carbocycles. The lowest BCUT2D eigenvalue weighted by Gasteiger charge is -2.18. The molecular formula is C12H18ClNO. The minimum absolute atomic E-state index is 0.239. The zero-order valence-corrected chi connectivity index (χ0v) is 9.80. The molecule has 1 unspecified atom stereocenters. The lowest BCUT2D eigenvalue weighted by molar-refractivity contribution is 0.275. The van der Waals surface area contributed by atoms with E-state index in [0.717, 1.165) is 24.4 Å². The third-order valence-corrected chi connectivity index (χ3v) is 2.59. The standard InChI is InChI=1S/C12H18ClNO/c1-2-14-12(7-4-8-15)10-5-3-6-11(13)9-10/h3,5-6,9,12,14-15H,2,4,7-8H2,1H3. The van der Waals surface area contributed by atoms with E-state index in [1.54, 1.807) is 0 Å². The molecule has 1 rings (SSSR count). The monoisotopic (exact) mass is 227 g/mol. The van der Waals surface area contributed by atoms with E-state index in [9.17, 15) is 0 Å². The summed E-state index contributed by atoms with van der Waals surface area (Å²) in [7, 11) is 0. The molecule has 0 saturated carbocycles. The van der Waals surface area contributed by atoms with Crippen molar-refractivity contribution in [3.05, 3.63) is 34.9 Å². The second-order valence-electron chi connectivity index (χ2n) is 3.53. The van der Waals surface area contributed by atoms with Crippen LogP contribution in [0.25, 0.3) is 0 Å². The van der Waals surface area contributed by atoms with Crippen molar-refractivity contribution in [2.24, 2.45) is 0 Å². The van der Waals surface area contributed by atoms with Crippen molar-refractivity contribution >= 4 is 11.6 Å². The van der Waals surface area contributed by atoms with Crippen LogP contribution in [-0.2, 0) is 0 Å². The van der Waals surface area contributed by atoms with Gasteiger partial charge in [-0.25, -0.2) is 0 Å². The maximum absolute atomic E-state index is 8.83. The first kappa shape index (κ1) is 12.5. The fraction of sp³-hybridized carbons (Fsp3) is 0.500. The summed E-state index contributed by atoms with van der Waals surface area (Å²) in [5, 5.41) is 13.0. The van der Waals surface area contributed by atoms with E-state index in [0.29, 0.717) is 6.04 Å². The van der Waals surface area contributed by atoms with Crippen molar-refractivity contribution in [3.8, 4) is 0 Å². The first-order chi connectivity index (χ1) is 7.27. The Morgan fingerprint density at radius 1 is 1.47 bits per heavy atom. The summed E-state index contributed by atoms with van der Waals surface area (Å²) in [6.07, 6.45) is 1.74. The Labute approximate surface area is 96.3 Å². The Morgan fingerprint density at radius 2 is 2.27 bits per heavy atom. The van der Waals surface area contributed by atoms with E-state index < -0.39 is 0 Å². The average Bonchev–Trinajstić information content (AvgIpc) is 2.24. The molecular weight excluding hydrogens is 210 g/mol. The predicted octanol–water partition coefficient (Wildman–Crippen LogP) is 2.76. The summed E-state index contributed by atoms with van der Waals surface area (Å²) < 4.78 is 0. The van der Waals surface area contributed by atoms with E-state index in [-0.39, 0.29) is 6.61 Å². The van der Waals surface area contributed by atoms with Gasteiger partial charge < -0.3 is 10.4 Å². The smallest absolute Gasteiger partial charge is 0.0431 e. The molecule has 15 heavy (non-hydrogen) atoms. The fourth-order valence-electron chi connectivity index (χ4n) is 1.65. The van der Waals surface area contributed by atoms with Crippen LogP contribution in [0.1, 0.15) is 31.4 Å². The van der Waals surface area contributed by atoms with Gasteiger partial charge in [0.2, 0.25) is 0 Å². The molecule has 0 bridgehead atoms. The predicted molar refractivity (Wildman–Crippen MR) is 64.2 cm³/mol. The third-order valence-electron chi connectivity index (χ3n) is 2.35. The van der Waals surface area contributed by atoms with Crippen LogP contribution >= 0.6 is 11.6 Å². The van der Waals surface area contributed by atoms with Crippen LogP contribution in [0.15, 0.2) is 24.3 Å². The Morgan fingerprint density at radius 3 is 2.87 bits per heavy atom. The van der Waals surface area contributed by atoms with E-state index in [4.69, 9.17) is 16.7 Å². The van der Waals surface area contributed by atoms with Gasteiger partial charge in [0.1, 0.15) is 0 Å². The quantitative estimate of drug-likeness (QED) is 0.784. The van der Waals surface area contributed by atoms with Crippen LogP contribution in [-0.4, -0.2) is 18.3 Å². The molecule has 0 aliphatic rings. The molecule has 0 saturated heterocycles. The largest absolute Gasteiger partial charge is 0.396 e. The first-order valence-electron chi connectivity index (χ1n) is 5.37. The normalized spacial score (nSPS) is 12.7. The number of benzene rings is 1. The van der Waals surface area contributed by atoms with E-state index in [2.05, 4.69) is 18.3 Å². The second kappa shape index (κ2) is 6.83. The van der Waals surface area contributed by atoms with Crippen LogP contribution in [0.3, 0.4) is 0 Å². The van der Waals surface area contributed by atoms with Gasteiger partial charge in [0, 0.05) is 17.7 Å². The highest BCUT2D eigenvalue weighted by molar-refractivity contribution is 6.30. The molecule has 1 aromatic rings. The highest BCUT2D eigenvalue weighted by Crippen LogP contribution is 2.21. The van der Waals surface area contributed by atoms with E-state index in [1.807, 2.05) is 18.2 Å². The van der Waals surface area contributed by atoms with Crippen LogP contribution in [0.2, 0.25) is 5.02 Å². The summed E-state index contributed by atoms with van der Waals surface area (Å²) in [6.45, 7) is 3.24. The average molecular weight is 228 g/mol. The number of hydrogen-bond acceptors (Lipinski definition) is 2. The number of aliphatic hydroxyl groups excluding tert-OH is 1. The molecule has 0 aliphatic carbocycles. The van der Waals surface area contributed by atoms with Gasteiger partial charge in [-0.2, -0.15) is 0 Å². The zero-order valence-electron chi connectivity index (χ0n) is 9.04. The zero-order chi connectivity index (χ0) is 11.1. The lowest BCUT2D eigenvalue weighted by atomic mass is 10.0. The number of rotatable bonds is 6. The van der Waals surface area contributed by atoms with Gasteiger partial charge in [0.25, 0.3) is 0 Å². The molecule has 0 aliphatic heterocycles. The summed E-state index contributed by atoms with van der Waals surface area (Å²) >= 11 is 5.95. The van der Waals surface area contributed by atoms with Gasteiger partial charge in [0.15, 0.2) is 0 Å². The minimum Gasteiger partial charge on any atom is -0.396 e. The van der Waals surface area contributed by atoms with Gasteiger partial charge in [-0.1, -0.05) is 30.7 Å². The third kappa shape index (κ3) is 4.20. The van der Waals surface area contributed by atoms with Gasteiger partial charge in [-0.15, -0.1) is 0 Å². The Hall–Kier alpha value is -0.570. The molecule has 0 radical (unpaired) electrons. The summed E-state index contributed by atoms with van der Waals surface area (Å²) in [5.41, 5.74) is 1.19. The van der Waals surface area contributed by atoms with Crippen molar-refractivity contribution in [1.82, 2.24) is 5.32 Å². The highest BCUT2D eigenvalue weighted by Gasteiger charge is 2.09. The molecule has 1 atom stereocenters. The van der Waals surface area contributed by atoms with E-state index >= 15 is 0 Å². The maximum Gasteiger partial charge on any atom is 0.0431 e. The SMILES string of the molecule is CCNC(CCCO)c1cccc(Cl)c1. The fourth-order valence-corrected chi connectivity index (χ4v) is 1.85. The number of hydrogen-bond donors (Lipinski definition) is 2. The van der Waals surface area contributed by atoms with Crippen LogP contribution in [0.5, 0.6) is 0 Å². The van der Waals surface area contributed by atoms with Crippen LogP contribution in [0.4, 0.5) is 0 Å². The van der Waals surface area contributed by atoms with Crippen molar-refractivity contribution in [1.29, 1.82) is 0 Å². The topological polar surface area (TPSA) is 32.3 Å². The first-order valence-corrected chi connectivity index (χ1v) is 5.75. The van der Waals surface area contributed by atoms with Crippen molar-refractivity contribution in [2.45, 2.75) is 25.8 Å². The van der Waals surface area contributed by atoms with Gasteiger partial charge >= 0.3 is 0 Å². The summed E-state index contributed by atoms with van der Waals surface area (Å²) in [6, 6.07) is 8.17. The Balaban J connectivity index is 2.69. The molecule has 0 spiro atoms. The molecule has 0 aromatic heterocycles. The van der Waals surface area contributed by atoms with Crippen LogP contribution < -0.4 is 5.32 Å². The van der Waals surface area contributed by atoms with Crippen molar-refractivity contribution in [2.75, 3.05) is 13.2 Å². The Kier molecular flexibility index (Phi) is 5.69. The molecule has 2 N–H and O–H groups in total. The summed E-state index contributed by atoms with van der Waals surface area (Å²) in [5.74, 6) is 0. The van der Waals surface area contributed by atoms with Gasteiger partial charge in [-0.05, 0) is 37.1 Å². The number of nitrogens with one attached hydrogen (secondary N) is 1. The van der Waals surface area contributed by atoms with Crippen molar-refractivity contribution in [3.63, 3.8) is 0 Å².